The van der Waals surface area contributed by atoms with Gasteiger partial charge in [0.1, 0.15) is 0 Å². The van der Waals surface area contributed by atoms with Gasteiger partial charge < -0.3 is 22.1 Å². The molecule has 140 valence electrons. The molecule has 0 radical (unpaired) electrons. The largest absolute Gasteiger partial charge is 0.354 e. The first-order chi connectivity index (χ1) is 11.2. The van der Waals surface area contributed by atoms with E-state index in [2.05, 4.69) is 10.6 Å². The second kappa shape index (κ2) is 9.99. The highest BCUT2D eigenvalue weighted by molar-refractivity contribution is 5.82. The number of rotatable bonds is 8. The monoisotopic (exact) mass is 340 g/mol. The van der Waals surface area contributed by atoms with Crippen molar-refractivity contribution in [1.29, 1.82) is 0 Å². The Kier molecular flexibility index (Phi) is 8.70. The van der Waals surface area contributed by atoms with E-state index >= 15 is 0 Å². The van der Waals surface area contributed by atoms with Crippen LogP contribution in [0.5, 0.6) is 0 Å². The number of carbonyl (C=O) groups excluding carboxylic acids is 2. The van der Waals surface area contributed by atoms with Crippen molar-refractivity contribution in [3.63, 3.8) is 0 Å². The molecule has 1 saturated carbocycles. The molecule has 2 unspecified atom stereocenters. The summed E-state index contributed by atoms with van der Waals surface area (Å²) in [7, 11) is 0. The fraction of sp³-hybridized carbons (Fsp3) is 0.889. The van der Waals surface area contributed by atoms with Gasteiger partial charge in [-0.05, 0) is 49.4 Å². The molecule has 0 bridgehead atoms. The van der Waals surface area contributed by atoms with Crippen molar-refractivity contribution in [2.24, 2.45) is 35.1 Å². The Morgan fingerprint density at radius 1 is 0.792 bits per heavy atom. The highest BCUT2D eigenvalue weighted by Crippen LogP contribution is 2.28. The van der Waals surface area contributed by atoms with E-state index in [4.69, 9.17) is 11.5 Å². The highest BCUT2D eigenvalue weighted by Gasteiger charge is 2.24. The number of nitrogens with one attached hydrogen (secondary N) is 2. The first-order valence-electron chi connectivity index (χ1n) is 9.28. The van der Waals surface area contributed by atoms with Crippen LogP contribution in [0.15, 0.2) is 0 Å². The molecule has 6 heteroatoms. The average molecular weight is 341 g/mol. The Hall–Kier alpha value is -1.14. The summed E-state index contributed by atoms with van der Waals surface area (Å²) >= 11 is 0. The Bertz CT molecular complexity index is 366. The lowest BCUT2D eigenvalue weighted by atomic mass is 9.82. The van der Waals surface area contributed by atoms with Crippen molar-refractivity contribution < 1.29 is 9.59 Å². The molecule has 1 rings (SSSR count). The van der Waals surface area contributed by atoms with E-state index in [0.717, 1.165) is 25.7 Å². The molecule has 6 N–H and O–H groups in total. The summed E-state index contributed by atoms with van der Waals surface area (Å²) in [5.41, 5.74) is 11.7. The van der Waals surface area contributed by atoms with Gasteiger partial charge in [-0.2, -0.15) is 0 Å². The Morgan fingerprint density at radius 2 is 1.08 bits per heavy atom. The van der Waals surface area contributed by atoms with Crippen molar-refractivity contribution in [3.8, 4) is 0 Å². The fourth-order valence-electron chi connectivity index (χ4n) is 2.97. The second-order valence-corrected chi connectivity index (χ2v) is 7.92. The number of hydrogen-bond donors (Lipinski definition) is 4. The van der Waals surface area contributed by atoms with Crippen molar-refractivity contribution in [1.82, 2.24) is 10.6 Å². The molecule has 1 aliphatic carbocycles. The molecule has 24 heavy (non-hydrogen) atoms. The smallest absolute Gasteiger partial charge is 0.237 e. The van der Waals surface area contributed by atoms with Gasteiger partial charge in [0.15, 0.2) is 0 Å². The zero-order chi connectivity index (χ0) is 18.3. The molecule has 1 fully saturated rings. The van der Waals surface area contributed by atoms with Gasteiger partial charge >= 0.3 is 0 Å². The van der Waals surface area contributed by atoms with Crippen LogP contribution in [0.2, 0.25) is 0 Å². The molecule has 2 atom stereocenters. The summed E-state index contributed by atoms with van der Waals surface area (Å²) in [6.07, 6.45) is 4.31. The zero-order valence-corrected chi connectivity index (χ0v) is 15.7. The van der Waals surface area contributed by atoms with Gasteiger partial charge in [-0.3, -0.25) is 9.59 Å². The van der Waals surface area contributed by atoms with Crippen LogP contribution in [0.3, 0.4) is 0 Å². The van der Waals surface area contributed by atoms with Gasteiger partial charge in [-0.1, -0.05) is 27.7 Å². The van der Waals surface area contributed by atoms with Crippen molar-refractivity contribution in [3.05, 3.63) is 0 Å². The van der Waals surface area contributed by atoms with Crippen LogP contribution >= 0.6 is 0 Å². The minimum atomic E-state index is -0.429. The molecule has 0 aromatic rings. The van der Waals surface area contributed by atoms with Gasteiger partial charge in [0, 0.05) is 13.1 Å². The van der Waals surface area contributed by atoms with Crippen molar-refractivity contribution in [2.45, 2.75) is 65.5 Å². The topological polar surface area (TPSA) is 110 Å². The van der Waals surface area contributed by atoms with Gasteiger partial charge in [0.05, 0.1) is 12.1 Å². The third kappa shape index (κ3) is 6.77. The molecule has 0 aliphatic heterocycles. The number of carbonyl (C=O) groups is 2. The molecule has 2 amide bonds. The van der Waals surface area contributed by atoms with Crippen LogP contribution < -0.4 is 22.1 Å². The third-order valence-electron chi connectivity index (χ3n) is 5.14. The molecule has 0 spiro atoms. The Labute approximate surface area is 146 Å². The Balaban J connectivity index is 2.22. The van der Waals surface area contributed by atoms with E-state index < -0.39 is 12.1 Å². The van der Waals surface area contributed by atoms with Crippen molar-refractivity contribution in [2.75, 3.05) is 13.1 Å². The standard InChI is InChI=1S/C18H36N4O2/c1-11(2)15(19)17(23)21-9-13-5-7-14(8-6-13)10-22-18(24)16(20)12(3)4/h11-16H,5-10,19-20H2,1-4H3,(H,21,23)(H,22,24). The molecular weight excluding hydrogens is 304 g/mol. The maximum atomic E-state index is 11.9. The number of amides is 2. The summed E-state index contributed by atoms with van der Waals surface area (Å²) in [4.78, 5) is 23.8. The zero-order valence-electron chi connectivity index (χ0n) is 15.7. The average Bonchev–Trinajstić information content (AvgIpc) is 2.56. The van der Waals surface area contributed by atoms with Crippen molar-refractivity contribution >= 4 is 11.8 Å². The number of nitrogens with two attached hydrogens (primary N) is 2. The Morgan fingerprint density at radius 3 is 1.33 bits per heavy atom. The lowest BCUT2D eigenvalue weighted by molar-refractivity contribution is -0.124. The van der Waals surface area contributed by atoms with E-state index in [9.17, 15) is 9.59 Å². The molecule has 0 saturated heterocycles. The van der Waals surface area contributed by atoms with Crippen LogP contribution in [0.4, 0.5) is 0 Å². The summed E-state index contributed by atoms with van der Waals surface area (Å²) in [5.74, 6) is 1.23. The fourth-order valence-corrected chi connectivity index (χ4v) is 2.97. The molecular formula is C18H36N4O2. The lowest BCUT2D eigenvalue weighted by Gasteiger charge is -2.29. The minimum absolute atomic E-state index is 0.0536. The maximum Gasteiger partial charge on any atom is 0.237 e. The van der Waals surface area contributed by atoms with E-state index in [1.54, 1.807) is 0 Å². The quantitative estimate of drug-likeness (QED) is 0.528. The van der Waals surface area contributed by atoms with Gasteiger partial charge in [-0.25, -0.2) is 0 Å². The molecule has 0 heterocycles. The normalized spacial score (nSPS) is 23.8. The van der Waals surface area contributed by atoms with E-state index in [1.807, 2.05) is 27.7 Å². The summed E-state index contributed by atoms with van der Waals surface area (Å²) in [6, 6.07) is -0.858. The van der Waals surface area contributed by atoms with Gasteiger partial charge in [0.25, 0.3) is 0 Å². The SMILES string of the molecule is CC(C)C(N)C(=O)NCC1CCC(CNC(=O)C(N)C(C)C)CC1. The minimum Gasteiger partial charge on any atom is -0.354 e. The van der Waals surface area contributed by atoms with Crippen LogP contribution in [-0.4, -0.2) is 37.0 Å². The van der Waals surface area contributed by atoms with Gasteiger partial charge in [0.2, 0.25) is 11.8 Å². The van der Waals surface area contributed by atoms with Crippen LogP contribution in [0.25, 0.3) is 0 Å². The second-order valence-electron chi connectivity index (χ2n) is 7.92. The first-order valence-corrected chi connectivity index (χ1v) is 9.28. The molecule has 1 aliphatic rings. The van der Waals surface area contributed by atoms with E-state index in [-0.39, 0.29) is 23.7 Å². The van der Waals surface area contributed by atoms with E-state index in [0.29, 0.717) is 24.9 Å². The summed E-state index contributed by atoms with van der Waals surface area (Å²) < 4.78 is 0. The number of hydrogen-bond acceptors (Lipinski definition) is 4. The predicted octanol–water partition coefficient (Wildman–Crippen LogP) is 0.992. The third-order valence-corrected chi connectivity index (χ3v) is 5.14. The van der Waals surface area contributed by atoms with E-state index in [1.165, 1.54) is 0 Å². The highest BCUT2D eigenvalue weighted by atomic mass is 16.2. The lowest BCUT2D eigenvalue weighted by Crippen LogP contribution is -2.46. The molecule has 0 aromatic heterocycles. The van der Waals surface area contributed by atoms with Gasteiger partial charge in [-0.15, -0.1) is 0 Å². The summed E-state index contributed by atoms with van der Waals surface area (Å²) in [5, 5.41) is 5.95. The van der Waals surface area contributed by atoms with Crippen LogP contribution in [0, 0.1) is 23.7 Å². The predicted molar refractivity (Wildman–Crippen MR) is 97.1 cm³/mol. The molecule has 6 nitrogen and oxygen atoms in total. The maximum absolute atomic E-state index is 11.9. The molecule has 0 aromatic carbocycles. The van der Waals surface area contributed by atoms with Crippen LogP contribution in [-0.2, 0) is 9.59 Å². The first kappa shape index (κ1) is 20.9. The van der Waals surface area contributed by atoms with Crippen LogP contribution in [0.1, 0.15) is 53.4 Å². The summed E-state index contributed by atoms with van der Waals surface area (Å²) in [6.45, 7) is 9.22.